The van der Waals surface area contributed by atoms with Crippen molar-refractivity contribution in [1.82, 2.24) is 15.2 Å². The third kappa shape index (κ3) is 3.45. The summed E-state index contributed by atoms with van der Waals surface area (Å²) < 4.78 is 5.30. The van der Waals surface area contributed by atoms with E-state index >= 15 is 0 Å². The fourth-order valence-corrected chi connectivity index (χ4v) is 3.01. The zero-order chi connectivity index (χ0) is 18.1. The van der Waals surface area contributed by atoms with Crippen molar-refractivity contribution in [3.05, 3.63) is 35.3 Å². The number of aromatic nitrogens is 1. The van der Waals surface area contributed by atoms with Gasteiger partial charge in [0.2, 0.25) is 5.96 Å². The number of amidine groups is 1. The Kier molecular flexibility index (Phi) is 4.42. The van der Waals surface area contributed by atoms with Crippen molar-refractivity contribution < 1.29 is 9.53 Å². The second-order valence-electron chi connectivity index (χ2n) is 6.74. The van der Waals surface area contributed by atoms with Crippen molar-refractivity contribution in [1.29, 1.82) is 5.41 Å². The van der Waals surface area contributed by atoms with Crippen LogP contribution in [-0.2, 0) is 9.53 Å². The van der Waals surface area contributed by atoms with Crippen LogP contribution in [0.2, 0.25) is 0 Å². The van der Waals surface area contributed by atoms with Gasteiger partial charge < -0.3 is 15.0 Å². The molecule has 2 aliphatic heterocycles. The van der Waals surface area contributed by atoms with E-state index in [0.717, 1.165) is 16.9 Å². The van der Waals surface area contributed by atoms with Crippen LogP contribution in [0.5, 0.6) is 0 Å². The SMILES string of the molecule is Cc1cc(C2CC2)ncc1N/C=C1\C(=N)N=C(N2CCOCC2)NC1=O. The number of nitrogens with zero attached hydrogens (tertiary/aromatic N) is 3. The number of anilines is 1. The molecule has 26 heavy (non-hydrogen) atoms. The summed E-state index contributed by atoms with van der Waals surface area (Å²) in [6.07, 6.45) is 5.74. The Labute approximate surface area is 151 Å². The Morgan fingerprint density at radius 3 is 2.81 bits per heavy atom. The third-order valence-corrected chi connectivity index (χ3v) is 4.75. The van der Waals surface area contributed by atoms with E-state index in [1.807, 2.05) is 11.8 Å². The highest BCUT2D eigenvalue weighted by molar-refractivity contribution is 6.28. The van der Waals surface area contributed by atoms with Crippen molar-refractivity contribution >= 4 is 23.4 Å². The number of hydrogen-bond acceptors (Lipinski definition) is 6. The monoisotopic (exact) mass is 354 g/mol. The van der Waals surface area contributed by atoms with Crippen molar-refractivity contribution in [2.75, 3.05) is 31.6 Å². The molecule has 1 aliphatic carbocycles. The van der Waals surface area contributed by atoms with E-state index in [0.29, 0.717) is 38.2 Å². The van der Waals surface area contributed by atoms with Gasteiger partial charge in [-0.15, -0.1) is 0 Å². The van der Waals surface area contributed by atoms with Gasteiger partial charge in [-0.05, 0) is 31.4 Å². The molecule has 1 saturated heterocycles. The topological polar surface area (TPSA) is 103 Å². The number of ether oxygens (including phenoxy) is 1. The van der Waals surface area contributed by atoms with Crippen LogP contribution in [0.3, 0.4) is 0 Å². The fraction of sp³-hybridized carbons (Fsp3) is 0.444. The first-order valence-corrected chi connectivity index (χ1v) is 8.87. The van der Waals surface area contributed by atoms with Gasteiger partial charge in [-0.1, -0.05) is 0 Å². The minimum atomic E-state index is -0.334. The van der Waals surface area contributed by atoms with Crippen molar-refractivity contribution in [3.63, 3.8) is 0 Å². The zero-order valence-corrected chi connectivity index (χ0v) is 14.7. The molecule has 0 spiro atoms. The van der Waals surface area contributed by atoms with Crippen molar-refractivity contribution in [2.45, 2.75) is 25.7 Å². The smallest absolute Gasteiger partial charge is 0.263 e. The summed E-state index contributed by atoms with van der Waals surface area (Å²) in [5, 5.41) is 14.0. The Balaban J connectivity index is 1.48. The summed E-state index contributed by atoms with van der Waals surface area (Å²) in [5.41, 5.74) is 3.22. The first-order valence-electron chi connectivity index (χ1n) is 8.87. The standard InChI is InChI=1S/C18H22N6O2/c1-11-8-14(12-2-3-12)21-10-15(11)20-9-13-16(19)22-18(23-17(13)25)24-4-6-26-7-5-24/h8-10,12,20H,2-7H2,1H3,(H2,19,22,23,25)/b13-9+. The van der Waals surface area contributed by atoms with Gasteiger partial charge in [0.25, 0.3) is 5.91 Å². The zero-order valence-electron chi connectivity index (χ0n) is 14.7. The van der Waals surface area contributed by atoms with E-state index in [4.69, 9.17) is 10.1 Å². The largest absolute Gasteiger partial charge is 0.378 e. The summed E-state index contributed by atoms with van der Waals surface area (Å²) in [4.78, 5) is 23.0. The predicted octanol–water partition coefficient (Wildman–Crippen LogP) is 1.36. The van der Waals surface area contributed by atoms with E-state index in [2.05, 4.69) is 26.7 Å². The summed E-state index contributed by atoms with van der Waals surface area (Å²) in [6.45, 7) is 4.50. The maximum Gasteiger partial charge on any atom is 0.263 e. The second kappa shape index (κ2) is 6.87. The maximum absolute atomic E-state index is 12.4. The Bertz CT molecular complexity index is 806. The highest BCUT2D eigenvalue weighted by atomic mass is 16.5. The number of aliphatic imine (C=N–C) groups is 1. The molecule has 0 unspecified atom stereocenters. The van der Waals surface area contributed by atoms with Gasteiger partial charge in [0.05, 0.1) is 30.7 Å². The number of guanidine groups is 1. The Morgan fingerprint density at radius 1 is 1.38 bits per heavy atom. The van der Waals surface area contributed by atoms with Gasteiger partial charge in [-0.25, -0.2) is 0 Å². The molecule has 3 N–H and O–H groups in total. The van der Waals surface area contributed by atoms with Crippen LogP contribution in [0.15, 0.2) is 29.0 Å². The van der Waals surface area contributed by atoms with E-state index in [1.54, 1.807) is 6.20 Å². The number of pyridine rings is 1. The molecule has 0 bridgehead atoms. The molecule has 8 nitrogen and oxygen atoms in total. The lowest BCUT2D eigenvalue weighted by Gasteiger charge is -2.31. The third-order valence-electron chi connectivity index (χ3n) is 4.75. The normalized spacial score (nSPS) is 22.3. The van der Waals surface area contributed by atoms with E-state index in [1.165, 1.54) is 19.0 Å². The molecule has 0 aromatic carbocycles. The molecular weight excluding hydrogens is 332 g/mol. The van der Waals surface area contributed by atoms with Crippen LogP contribution < -0.4 is 10.6 Å². The molecular formula is C18H22N6O2. The first-order chi connectivity index (χ1) is 12.6. The van der Waals surface area contributed by atoms with Gasteiger partial charge in [-0.3, -0.25) is 20.5 Å². The molecule has 2 fully saturated rings. The lowest BCUT2D eigenvalue weighted by molar-refractivity contribution is -0.116. The highest BCUT2D eigenvalue weighted by Crippen LogP contribution is 2.39. The molecule has 4 rings (SSSR count). The average molecular weight is 354 g/mol. The average Bonchev–Trinajstić information content (AvgIpc) is 3.48. The van der Waals surface area contributed by atoms with Gasteiger partial charge in [0.1, 0.15) is 0 Å². The number of hydrogen-bond donors (Lipinski definition) is 3. The maximum atomic E-state index is 12.4. The molecule has 1 aromatic rings. The van der Waals surface area contributed by atoms with Crippen LogP contribution in [0.1, 0.15) is 30.0 Å². The van der Waals surface area contributed by atoms with Gasteiger partial charge in [0, 0.05) is 30.9 Å². The second-order valence-corrected chi connectivity index (χ2v) is 6.74. The summed E-state index contributed by atoms with van der Waals surface area (Å²) >= 11 is 0. The molecule has 1 amide bonds. The van der Waals surface area contributed by atoms with Crippen molar-refractivity contribution in [3.8, 4) is 0 Å². The predicted molar refractivity (Wildman–Crippen MR) is 98.4 cm³/mol. The van der Waals surface area contributed by atoms with E-state index in [-0.39, 0.29) is 17.3 Å². The molecule has 8 heteroatoms. The molecule has 3 aliphatic rings. The van der Waals surface area contributed by atoms with Crippen LogP contribution >= 0.6 is 0 Å². The number of carbonyl (C=O) groups is 1. The van der Waals surface area contributed by atoms with Gasteiger partial charge in [-0.2, -0.15) is 4.99 Å². The molecule has 1 saturated carbocycles. The van der Waals surface area contributed by atoms with Crippen LogP contribution in [0.25, 0.3) is 0 Å². The lowest BCUT2D eigenvalue weighted by Crippen LogP contribution is -2.52. The highest BCUT2D eigenvalue weighted by Gasteiger charge is 2.27. The minimum absolute atomic E-state index is 0.0528. The molecule has 0 atom stereocenters. The number of nitrogens with one attached hydrogen (secondary N) is 3. The summed E-state index contributed by atoms with van der Waals surface area (Å²) in [7, 11) is 0. The van der Waals surface area contributed by atoms with Crippen LogP contribution in [0, 0.1) is 12.3 Å². The fourth-order valence-electron chi connectivity index (χ4n) is 3.01. The van der Waals surface area contributed by atoms with E-state index < -0.39 is 0 Å². The minimum Gasteiger partial charge on any atom is -0.378 e. The molecule has 3 heterocycles. The van der Waals surface area contributed by atoms with Crippen molar-refractivity contribution in [2.24, 2.45) is 4.99 Å². The van der Waals surface area contributed by atoms with Crippen LogP contribution in [-0.4, -0.2) is 53.9 Å². The van der Waals surface area contributed by atoms with Gasteiger partial charge >= 0.3 is 0 Å². The number of aryl methyl sites for hydroxylation is 1. The van der Waals surface area contributed by atoms with Crippen LogP contribution in [0.4, 0.5) is 5.69 Å². The van der Waals surface area contributed by atoms with Gasteiger partial charge in [0.15, 0.2) is 5.84 Å². The number of carbonyl (C=O) groups excluding carboxylic acids is 1. The molecule has 1 aromatic heterocycles. The van der Waals surface area contributed by atoms with E-state index in [9.17, 15) is 4.79 Å². The Hall–Kier alpha value is -2.74. The Morgan fingerprint density at radius 2 is 2.15 bits per heavy atom. The number of amides is 1. The number of rotatable bonds is 3. The lowest BCUT2D eigenvalue weighted by atomic mass is 10.1. The molecule has 136 valence electrons. The molecule has 0 radical (unpaired) electrons. The first kappa shape index (κ1) is 16.7. The quantitative estimate of drug-likeness (QED) is 0.711. The summed E-state index contributed by atoms with van der Waals surface area (Å²) in [6, 6.07) is 2.08. The number of morpholine rings is 1. The summed E-state index contributed by atoms with van der Waals surface area (Å²) in [5.74, 6) is 0.639.